The van der Waals surface area contributed by atoms with Crippen molar-refractivity contribution < 1.29 is 19.0 Å². The molecule has 1 aromatic rings. The van der Waals surface area contributed by atoms with Crippen LogP contribution in [-0.4, -0.2) is 37.9 Å². The third-order valence-corrected chi connectivity index (χ3v) is 2.81. The van der Waals surface area contributed by atoms with E-state index in [9.17, 15) is 4.79 Å². The SMILES string of the molecule is COC(=O)c1cc(OCC2CCOC2)ncc1N. The summed E-state index contributed by atoms with van der Waals surface area (Å²) in [4.78, 5) is 15.5. The van der Waals surface area contributed by atoms with Crippen molar-refractivity contribution in [2.45, 2.75) is 6.42 Å². The zero-order valence-corrected chi connectivity index (χ0v) is 10.2. The third-order valence-electron chi connectivity index (χ3n) is 2.81. The minimum absolute atomic E-state index is 0.269. The molecule has 0 spiro atoms. The van der Waals surface area contributed by atoms with E-state index in [0.717, 1.165) is 13.0 Å². The second-order valence-electron chi connectivity index (χ2n) is 4.14. The number of rotatable bonds is 4. The van der Waals surface area contributed by atoms with E-state index in [-0.39, 0.29) is 11.3 Å². The summed E-state index contributed by atoms with van der Waals surface area (Å²) in [5.41, 5.74) is 6.19. The minimum Gasteiger partial charge on any atom is -0.477 e. The Hall–Kier alpha value is -1.82. The normalized spacial score (nSPS) is 18.6. The van der Waals surface area contributed by atoms with Crippen LogP contribution in [0.25, 0.3) is 0 Å². The smallest absolute Gasteiger partial charge is 0.340 e. The number of anilines is 1. The fourth-order valence-electron chi connectivity index (χ4n) is 1.73. The van der Waals surface area contributed by atoms with Gasteiger partial charge in [-0.3, -0.25) is 0 Å². The second-order valence-corrected chi connectivity index (χ2v) is 4.14. The molecule has 1 atom stereocenters. The maximum Gasteiger partial charge on any atom is 0.340 e. The summed E-state index contributed by atoms with van der Waals surface area (Å²) in [5.74, 6) is 0.256. The Labute approximate surface area is 105 Å². The van der Waals surface area contributed by atoms with Gasteiger partial charge in [0, 0.05) is 18.6 Å². The average Bonchev–Trinajstić information content (AvgIpc) is 2.90. The van der Waals surface area contributed by atoms with Gasteiger partial charge in [-0.05, 0) is 6.42 Å². The molecule has 0 radical (unpaired) electrons. The Morgan fingerprint density at radius 1 is 1.67 bits per heavy atom. The summed E-state index contributed by atoms with van der Waals surface area (Å²) < 4.78 is 15.4. The van der Waals surface area contributed by atoms with Gasteiger partial charge in [-0.1, -0.05) is 0 Å². The lowest BCUT2D eigenvalue weighted by molar-refractivity contribution is 0.0601. The Morgan fingerprint density at radius 3 is 3.17 bits per heavy atom. The quantitative estimate of drug-likeness (QED) is 0.800. The number of nitrogens with two attached hydrogens (primary N) is 1. The number of nitrogen functional groups attached to an aromatic ring is 1. The molecule has 2 heterocycles. The zero-order chi connectivity index (χ0) is 13.0. The molecule has 1 aliphatic heterocycles. The predicted octanol–water partition coefficient (Wildman–Crippen LogP) is 0.866. The maximum atomic E-state index is 11.4. The van der Waals surface area contributed by atoms with Gasteiger partial charge in [-0.2, -0.15) is 0 Å². The van der Waals surface area contributed by atoms with Gasteiger partial charge < -0.3 is 19.9 Å². The van der Waals surface area contributed by atoms with Gasteiger partial charge in [-0.15, -0.1) is 0 Å². The van der Waals surface area contributed by atoms with Crippen molar-refractivity contribution >= 4 is 11.7 Å². The Kier molecular flexibility index (Phi) is 3.99. The molecule has 2 rings (SSSR count). The van der Waals surface area contributed by atoms with E-state index in [0.29, 0.717) is 25.0 Å². The number of hydrogen-bond donors (Lipinski definition) is 1. The van der Waals surface area contributed by atoms with E-state index in [1.165, 1.54) is 19.4 Å². The number of aromatic nitrogens is 1. The number of pyridine rings is 1. The monoisotopic (exact) mass is 252 g/mol. The van der Waals surface area contributed by atoms with E-state index in [2.05, 4.69) is 9.72 Å². The summed E-state index contributed by atoms with van der Waals surface area (Å²) in [7, 11) is 1.30. The number of esters is 1. The number of ether oxygens (including phenoxy) is 3. The second kappa shape index (κ2) is 5.68. The molecule has 0 aliphatic carbocycles. The van der Waals surface area contributed by atoms with Gasteiger partial charge in [0.15, 0.2) is 0 Å². The van der Waals surface area contributed by atoms with E-state index in [1.807, 2.05) is 0 Å². The van der Waals surface area contributed by atoms with E-state index in [1.54, 1.807) is 0 Å². The van der Waals surface area contributed by atoms with Crippen LogP contribution in [0.3, 0.4) is 0 Å². The van der Waals surface area contributed by atoms with Crippen molar-refractivity contribution in [2.24, 2.45) is 5.92 Å². The van der Waals surface area contributed by atoms with E-state index < -0.39 is 5.97 Å². The van der Waals surface area contributed by atoms with Gasteiger partial charge in [0.1, 0.15) is 0 Å². The maximum absolute atomic E-state index is 11.4. The first-order valence-electron chi connectivity index (χ1n) is 5.75. The first-order chi connectivity index (χ1) is 8.70. The molecule has 0 saturated carbocycles. The summed E-state index contributed by atoms with van der Waals surface area (Å²) >= 11 is 0. The molecule has 1 aliphatic rings. The van der Waals surface area contributed by atoms with Crippen molar-refractivity contribution in [3.63, 3.8) is 0 Å². The van der Waals surface area contributed by atoms with Crippen LogP contribution >= 0.6 is 0 Å². The molecular formula is C12H16N2O4. The van der Waals surface area contributed by atoms with Crippen LogP contribution in [0.4, 0.5) is 5.69 Å². The first kappa shape index (κ1) is 12.6. The Morgan fingerprint density at radius 2 is 2.50 bits per heavy atom. The van der Waals surface area contributed by atoms with Crippen LogP contribution in [-0.2, 0) is 9.47 Å². The highest BCUT2D eigenvalue weighted by molar-refractivity contribution is 5.95. The fourth-order valence-corrected chi connectivity index (χ4v) is 1.73. The number of carbonyl (C=O) groups is 1. The fraction of sp³-hybridized carbons (Fsp3) is 0.500. The van der Waals surface area contributed by atoms with E-state index in [4.69, 9.17) is 15.2 Å². The van der Waals surface area contributed by atoms with Gasteiger partial charge in [-0.25, -0.2) is 9.78 Å². The number of methoxy groups -OCH3 is 1. The Bertz CT molecular complexity index is 430. The first-order valence-corrected chi connectivity index (χ1v) is 5.75. The standard InChI is InChI=1S/C12H16N2O4/c1-16-12(15)9-4-11(14-5-10(9)13)18-7-8-2-3-17-6-8/h4-5,8H,2-3,6-7,13H2,1H3. The molecule has 0 aromatic carbocycles. The van der Waals surface area contributed by atoms with Crippen LogP contribution in [0.2, 0.25) is 0 Å². The third kappa shape index (κ3) is 2.89. The van der Waals surface area contributed by atoms with Crippen LogP contribution < -0.4 is 10.5 Å². The number of hydrogen-bond acceptors (Lipinski definition) is 6. The summed E-state index contributed by atoms with van der Waals surface area (Å²) in [5, 5.41) is 0. The number of nitrogens with zero attached hydrogens (tertiary/aromatic N) is 1. The lowest BCUT2D eigenvalue weighted by Gasteiger charge is -2.10. The van der Waals surface area contributed by atoms with Crippen molar-refractivity contribution in [1.82, 2.24) is 4.98 Å². The molecule has 1 saturated heterocycles. The highest BCUT2D eigenvalue weighted by Crippen LogP contribution is 2.19. The molecule has 6 nitrogen and oxygen atoms in total. The molecule has 98 valence electrons. The minimum atomic E-state index is -0.496. The lowest BCUT2D eigenvalue weighted by Crippen LogP contribution is -2.13. The molecular weight excluding hydrogens is 236 g/mol. The molecule has 2 N–H and O–H groups in total. The molecule has 0 amide bonds. The van der Waals surface area contributed by atoms with E-state index >= 15 is 0 Å². The highest BCUT2D eigenvalue weighted by Gasteiger charge is 2.17. The molecule has 1 unspecified atom stereocenters. The summed E-state index contributed by atoms with van der Waals surface area (Å²) in [6, 6.07) is 1.50. The molecule has 6 heteroatoms. The summed E-state index contributed by atoms with van der Waals surface area (Å²) in [6.45, 7) is 2.01. The largest absolute Gasteiger partial charge is 0.477 e. The molecule has 1 fully saturated rings. The van der Waals surface area contributed by atoms with Crippen LogP contribution in [0.1, 0.15) is 16.8 Å². The van der Waals surface area contributed by atoms with Gasteiger partial charge in [0.2, 0.25) is 5.88 Å². The number of carbonyl (C=O) groups excluding carboxylic acids is 1. The highest BCUT2D eigenvalue weighted by atomic mass is 16.5. The van der Waals surface area contributed by atoms with Crippen LogP contribution in [0.15, 0.2) is 12.3 Å². The van der Waals surface area contributed by atoms with Crippen molar-refractivity contribution in [2.75, 3.05) is 32.7 Å². The van der Waals surface area contributed by atoms with Crippen molar-refractivity contribution in [3.8, 4) is 5.88 Å². The van der Waals surface area contributed by atoms with Crippen LogP contribution in [0.5, 0.6) is 5.88 Å². The molecule has 18 heavy (non-hydrogen) atoms. The predicted molar refractivity (Wildman–Crippen MR) is 64.4 cm³/mol. The van der Waals surface area contributed by atoms with Crippen molar-refractivity contribution in [3.05, 3.63) is 17.8 Å². The summed E-state index contributed by atoms with van der Waals surface area (Å²) in [6.07, 6.45) is 2.38. The van der Waals surface area contributed by atoms with Gasteiger partial charge >= 0.3 is 5.97 Å². The topological polar surface area (TPSA) is 83.7 Å². The lowest BCUT2D eigenvalue weighted by atomic mass is 10.1. The molecule has 0 bridgehead atoms. The van der Waals surface area contributed by atoms with Gasteiger partial charge in [0.05, 0.1) is 37.8 Å². The van der Waals surface area contributed by atoms with Gasteiger partial charge in [0.25, 0.3) is 0 Å². The Balaban J connectivity index is 2.02. The average molecular weight is 252 g/mol. The van der Waals surface area contributed by atoms with Crippen LogP contribution in [0, 0.1) is 5.92 Å². The molecule has 1 aromatic heterocycles. The zero-order valence-electron chi connectivity index (χ0n) is 10.2. The van der Waals surface area contributed by atoms with Crippen molar-refractivity contribution in [1.29, 1.82) is 0 Å².